The van der Waals surface area contributed by atoms with E-state index >= 15 is 0 Å². The molecule has 0 amide bonds. The number of fused-ring (bicyclic) bond motifs is 2. The summed E-state index contributed by atoms with van der Waals surface area (Å²) in [5.41, 5.74) is 5.76. The van der Waals surface area contributed by atoms with Crippen molar-refractivity contribution in [2.75, 3.05) is 0 Å². The second kappa shape index (κ2) is 4.19. The minimum atomic E-state index is 0.0633. The van der Waals surface area contributed by atoms with E-state index in [0.717, 1.165) is 31.3 Å². The molecule has 2 atom stereocenters. The topological polar surface area (TPSA) is 17.1 Å². The van der Waals surface area contributed by atoms with Gasteiger partial charge in [0.25, 0.3) is 0 Å². The number of rotatable bonds is 0. The fourth-order valence-corrected chi connectivity index (χ4v) is 4.78. The first kappa shape index (κ1) is 13.9. The summed E-state index contributed by atoms with van der Waals surface area (Å²) in [7, 11) is 0. The van der Waals surface area contributed by atoms with Gasteiger partial charge in [-0.25, -0.2) is 0 Å². The van der Waals surface area contributed by atoms with E-state index < -0.39 is 0 Å². The van der Waals surface area contributed by atoms with Crippen LogP contribution >= 0.6 is 0 Å². The van der Waals surface area contributed by atoms with Crippen molar-refractivity contribution < 1.29 is 4.79 Å². The van der Waals surface area contributed by atoms with Crippen LogP contribution in [-0.2, 0) is 4.79 Å². The Labute approximate surface area is 122 Å². The number of hydrogen-bond acceptors (Lipinski definition) is 1. The second-order valence-electron chi connectivity index (χ2n) is 7.92. The Morgan fingerprint density at radius 2 is 1.75 bits per heavy atom. The van der Waals surface area contributed by atoms with E-state index in [4.69, 9.17) is 0 Å². The summed E-state index contributed by atoms with van der Waals surface area (Å²) in [4.78, 5) is 13.0. The second-order valence-corrected chi connectivity index (χ2v) is 7.92. The Morgan fingerprint density at radius 1 is 1.10 bits per heavy atom. The summed E-state index contributed by atoms with van der Waals surface area (Å²) < 4.78 is 0. The molecular weight excluding hydrogens is 244 g/mol. The number of carbonyl (C=O) groups is 1. The molecule has 0 N–H and O–H groups in total. The fraction of sp³-hybridized carbons (Fsp3) is 0.632. The molecule has 0 aromatic heterocycles. The summed E-state index contributed by atoms with van der Waals surface area (Å²) in [6, 6.07) is 0. The van der Waals surface area contributed by atoms with Gasteiger partial charge in [-0.1, -0.05) is 49.6 Å². The van der Waals surface area contributed by atoms with Gasteiger partial charge >= 0.3 is 0 Å². The number of ketones is 1. The zero-order valence-corrected chi connectivity index (χ0v) is 13.5. The summed E-state index contributed by atoms with van der Waals surface area (Å²) in [5, 5.41) is 0. The average Bonchev–Trinajstić information content (AvgIpc) is 2.62. The van der Waals surface area contributed by atoms with E-state index in [2.05, 4.69) is 46.8 Å². The molecule has 3 aliphatic rings. The van der Waals surface area contributed by atoms with Gasteiger partial charge in [-0.05, 0) is 50.5 Å². The SMILES string of the molecule is CC1=C(C)C[C@]2(C(C)(C)C)C3=C(CC=CC3)C(=O)[C@@H]2C1. The summed E-state index contributed by atoms with van der Waals surface area (Å²) >= 11 is 0. The summed E-state index contributed by atoms with van der Waals surface area (Å²) in [6.07, 6.45) is 8.34. The molecule has 3 aliphatic carbocycles. The summed E-state index contributed by atoms with van der Waals surface area (Å²) in [6.45, 7) is 11.5. The number of Topliss-reactive ketones (excluding diaryl/α,β-unsaturated/α-hetero) is 1. The van der Waals surface area contributed by atoms with Gasteiger partial charge < -0.3 is 0 Å². The number of carbonyl (C=O) groups excluding carboxylic acids is 1. The van der Waals surface area contributed by atoms with E-state index in [1.54, 1.807) is 0 Å². The van der Waals surface area contributed by atoms with Gasteiger partial charge in [0.1, 0.15) is 0 Å². The van der Waals surface area contributed by atoms with Crippen LogP contribution < -0.4 is 0 Å². The number of allylic oxidation sites excluding steroid dienone is 6. The standard InChI is InChI=1S/C19H26O/c1-12-10-16-17(20)14-8-6-7-9-15(14)19(16,11-13(12)2)18(3,4)5/h6-7,16H,8-11H2,1-5H3/t16-,19-/m0/s1. The van der Waals surface area contributed by atoms with Crippen molar-refractivity contribution in [2.24, 2.45) is 16.7 Å². The molecule has 0 aromatic carbocycles. The Morgan fingerprint density at radius 3 is 2.40 bits per heavy atom. The van der Waals surface area contributed by atoms with Gasteiger partial charge in [0.05, 0.1) is 0 Å². The Bertz CT molecular complexity index is 565. The van der Waals surface area contributed by atoms with Crippen molar-refractivity contribution in [1.29, 1.82) is 0 Å². The minimum absolute atomic E-state index is 0.0633. The van der Waals surface area contributed by atoms with Crippen molar-refractivity contribution in [3.63, 3.8) is 0 Å². The highest BCUT2D eigenvalue weighted by Crippen LogP contribution is 2.64. The lowest BCUT2D eigenvalue weighted by Crippen LogP contribution is -2.45. The highest BCUT2D eigenvalue weighted by molar-refractivity contribution is 6.03. The van der Waals surface area contributed by atoms with Gasteiger partial charge in [0.15, 0.2) is 5.78 Å². The van der Waals surface area contributed by atoms with Gasteiger partial charge in [-0.15, -0.1) is 0 Å². The Kier molecular flexibility index (Phi) is 2.90. The molecule has 0 aromatic rings. The van der Waals surface area contributed by atoms with Crippen molar-refractivity contribution in [3.8, 4) is 0 Å². The molecule has 108 valence electrons. The maximum atomic E-state index is 13.0. The fourth-order valence-electron chi connectivity index (χ4n) is 4.78. The van der Waals surface area contributed by atoms with Crippen LogP contribution in [0.15, 0.2) is 34.4 Å². The lowest BCUT2D eigenvalue weighted by Gasteiger charge is -2.51. The third-order valence-electron chi connectivity index (χ3n) is 6.04. The van der Waals surface area contributed by atoms with E-state index in [1.165, 1.54) is 16.7 Å². The minimum Gasteiger partial charge on any atom is -0.294 e. The molecule has 1 heteroatoms. The first-order valence-electron chi connectivity index (χ1n) is 7.86. The summed E-state index contributed by atoms with van der Waals surface area (Å²) in [5.74, 6) is 0.641. The molecule has 0 fully saturated rings. The molecule has 0 spiro atoms. The molecule has 0 saturated carbocycles. The molecule has 1 nitrogen and oxygen atoms in total. The maximum absolute atomic E-state index is 13.0. The maximum Gasteiger partial charge on any atom is 0.163 e. The Balaban J connectivity index is 2.21. The average molecular weight is 270 g/mol. The van der Waals surface area contributed by atoms with Gasteiger partial charge in [0.2, 0.25) is 0 Å². The van der Waals surface area contributed by atoms with Crippen molar-refractivity contribution in [2.45, 2.75) is 60.3 Å². The van der Waals surface area contributed by atoms with E-state index in [9.17, 15) is 4.79 Å². The molecule has 0 bridgehead atoms. The van der Waals surface area contributed by atoms with Gasteiger partial charge in [0, 0.05) is 11.3 Å². The predicted molar refractivity (Wildman–Crippen MR) is 83.4 cm³/mol. The van der Waals surface area contributed by atoms with Gasteiger partial charge in [-0.3, -0.25) is 4.79 Å². The predicted octanol–water partition coefficient (Wildman–Crippen LogP) is 4.99. The van der Waals surface area contributed by atoms with Crippen LogP contribution in [0.25, 0.3) is 0 Å². The van der Waals surface area contributed by atoms with Crippen LogP contribution in [0.3, 0.4) is 0 Å². The van der Waals surface area contributed by atoms with Crippen LogP contribution in [0.2, 0.25) is 0 Å². The molecule has 3 rings (SSSR count). The first-order valence-corrected chi connectivity index (χ1v) is 7.86. The van der Waals surface area contributed by atoms with Crippen LogP contribution in [0.5, 0.6) is 0 Å². The van der Waals surface area contributed by atoms with Crippen molar-refractivity contribution >= 4 is 5.78 Å². The van der Waals surface area contributed by atoms with Gasteiger partial charge in [-0.2, -0.15) is 0 Å². The lowest BCUT2D eigenvalue weighted by atomic mass is 9.52. The van der Waals surface area contributed by atoms with Crippen LogP contribution in [-0.4, -0.2) is 5.78 Å². The molecule has 20 heavy (non-hydrogen) atoms. The monoisotopic (exact) mass is 270 g/mol. The largest absolute Gasteiger partial charge is 0.294 e. The zero-order chi connectivity index (χ0) is 14.7. The Hall–Kier alpha value is -1.11. The normalized spacial score (nSPS) is 33.6. The van der Waals surface area contributed by atoms with E-state index in [-0.39, 0.29) is 16.7 Å². The molecule has 0 heterocycles. The highest BCUT2D eigenvalue weighted by Gasteiger charge is 2.59. The molecule has 0 saturated heterocycles. The smallest absolute Gasteiger partial charge is 0.163 e. The van der Waals surface area contributed by atoms with E-state index in [1.807, 2.05) is 0 Å². The van der Waals surface area contributed by atoms with Crippen molar-refractivity contribution in [1.82, 2.24) is 0 Å². The first-order chi connectivity index (χ1) is 9.29. The molecular formula is C19H26O. The lowest BCUT2D eigenvalue weighted by molar-refractivity contribution is -0.123. The third kappa shape index (κ3) is 1.58. The quantitative estimate of drug-likeness (QED) is 0.566. The van der Waals surface area contributed by atoms with Crippen LogP contribution in [0.4, 0.5) is 0 Å². The van der Waals surface area contributed by atoms with Crippen molar-refractivity contribution in [3.05, 3.63) is 34.4 Å². The van der Waals surface area contributed by atoms with E-state index in [0.29, 0.717) is 5.78 Å². The molecule has 0 unspecified atom stereocenters. The third-order valence-corrected chi connectivity index (χ3v) is 6.04. The zero-order valence-electron chi connectivity index (χ0n) is 13.5. The highest BCUT2D eigenvalue weighted by atomic mass is 16.1. The molecule has 0 aliphatic heterocycles. The number of hydrogen-bond donors (Lipinski definition) is 0. The molecule has 0 radical (unpaired) electrons. The van der Waals surface area contributed by atoms with Crippen LogP contribution in [0.1, 0.15) is 60.3 Å². The van der Waals surface area contributed by atoms with Crippen LogP contribution in [0, 0.1) is 16.7 Å².